The van der Waals surface area contributed by atoms with Gasteiger partial charge in [0.2, 0.25) is 0 Å². The fourth-order valence-corrected chi connectivity index (χ4v) is 3.29. The zero-order valence-electron chi connectivity index (χ0n) is 13.8. The molecule has 0 aliphatic carbocycles. The smallest absolute Gasteiger partial charge is 0.289 e. The second kappa shape index (κ2) is 8.00. The summed E-state index contributed by atoms with van der Waals surface area (Å²) in [6.07, 6.45) is 2.87. The van der Waals surface area contributed by atoms with Crippen molar-refractivity contribution in [2.45, 2.75) is 18.4 Å². The summed E-state index contributed by atoms with van der Waals surface area (Å²) in [5.41, 5.74) is -0.710. The molecule has 0 unspecified atom stereocenters. The van der Waals surface area contributed by atoms with Crippen LogP contribution in [-0.2, 0) is 9.53 Å². The molecule has 8 heteroatoms. The number of furan rings is 1. The Labute approximate surface area is 147 Å². The highest BCUT2D eigenvalue weighted by Crippen LogP contribution is 2.26. The molecule has 2 amide bonds. The number of halogens is 1. The molecule has 24 heavy (non-hydrogen) atoms. The monoisotopic (exact) mass is 357 g/mol. The van der Waals surface area contributed by atoms with Crippen LogP contribution in [0.1, 0.15) is 23.4 Å². The van der Waals surface area contributed by atoms with Gasteiger partial charge in [0, 0.05) is 33.3 Å². The van der Waals surface area contributed by atoms with Crippen LogP contribution in [0.3, 0.4) is 0 Å². The predicted octanol–water partition coefficient (Wildman–Crippen LogP) is 0.754. The molecular formula is C16H24ClN3O4. The lowest BCUT2D eigenvalue weighted by molar-refractivity contribution is -0.159. The SMILES string of the molecule is COC1(C(=O)N2CCN(C(=O)c3ccco3)CC2)CCNCC1.Cl. The van der Waals surface area contributed by atoms with E-state index in [1.54, 1.807) is 24.1 Å². The summed E-state index contributed by atoms with van der Waals surface area (Å²) in [4.78, 5) is 28.7. The third-order valence-electron chi connectivity index (χ3n) is 4.78. The summed E-state index contributed by atoms with van der Waals surface area (Å²) in [6, 6.07) is 3.36. The van der Waals surface area contributed by atoms with Gasteiger partial charge >= 0.3 is 0 Å². The minimum absolute atomic E-state index is 0. The molecule has 1 aromatic heterocycles. The third kappa shape index (κ3) is 3.58. The molecule has 1 N–H and O–H groups in total. The number of methoxy groups -OCH3 is 1. The highest BCUT2D eigenvalue weighted by molar-refractivity contribution is 5.92. The fraction of sp³-hybridized carbons (Fsp3) is 0.625. The normalized spacial score (nSPS) is 20.4. The number of hydrogen-bond donors (Lipinski definition) is 1. The van der Waals surface area contributed by atoms with Crippen molar-refractivity contribution in [1.29, 1.82) is 0 Å². The van der Waals surface area contributed by atoms with Gasteiger partial charge in [0.25, 0.3) is 11.8 Å². The van der Waals surface area contributed by atoms with Crippen molar-refractivity contribution in [1.82, 2.24) is 15.1 Å². The Morgan fingerprint density at radius 2 is 1.79 bits per heavy atom. The molecule has 0 bridgehead atoms. The number of rotatable bonds is 3. The van der Waals surface area contributed by atoms with Gasteiger partial charge in [0.15, 0.2) is 5.76 Å². The van der Waals surface area contributed by atoms with Gasteiger partial charge in [0.05, 0.1) is 6.26 Å². The number of piperazine rings is 1. The predicted molar refractivity (Wildman–Crippen MR) is 90.3 cm³/mol. The Bertz CT molecular complexity index is 550. The largest absolute Gasteiger partial charge is 0.459 e. The van der Waals surface area contributed by atoms with Crippen LogP contribution < -0.4 is 5.32 Å². The number of ether oxygens (including phenoxy) is 1. The van der Waals surface area contributed by atoms with Crippen LogP contribution in [0.25, 0.3) is 0 Å². The van der Waals surface area contributed by atoms with E-state index in [2.05, 4.69) is 5.32 Å². The summed E-state index contributed by atoms with van der Waals surface area (Å²) in [5, 5.41) is 3.26. The second-order valence-electron chi connectivity index (χ2n) is 6.01. The zero-order valence-corrected chi connectivity index (χ0v) is 14.6. The lowest BCUT2D eigenvalue weighted by atomic mass is 9.90. The fourth-order valence-electron chi connectivity index (χ4n) is 3.29. The Balaban J connectivity index is 0.00000208. The van der Waals surface area contributed by atoms with Gasteiger partial charge in [-0.2, -0.15) is 0 Å². The summed E-state index contributed by atoms with van der Waals surface area (Å²) < 4.78 is 10.8. The summed E-state index contributed by atoms with van der Waals surface area (Å²) in [7, 11) is 1.61. The van der Waals surface area contributed by atoms with E-state index >= 15 is 0 Å². The maximum atomic E-state index is 12.9. The van der Waals surface area contributed by atoms with Crippen LogP contribution in [0.15, 0.2) is 22.8 Å². The van der Waals surface area contributed by atoms with Crippen molar-refractivity contribution in [3.8, 4) is 0 Å². The van der Waals surface area contributed by atoms with Gasteiger partial charge in [-0.3, -0.25) is 9.59 Å². The lowest BCUT2D eigenvalue weighted by Gasteiger charge is -2.42. The van der Waals surface area contributed by atoms with Crippen LogP contribution in [0.5, 0.6) is 0 Å². The molecule has 0 saturated carbocycles. The Hall–Kier alpha value is -1.57. The highest BCUT2D eigenvalue weighted by atomic mass is 35.5. The minimum Gasteiger partial charge on any atom is -0.459 e. The Morgan fingerprint density at radius 3 is 2.33 bits per heavy atom. The van der Waals surface area contributed by atoms with Crippen molar-refractivity contribution in [3.05, 3.63) is 24.2 Å². The van der Waals surface area contributed by atoms with Crippen molar-refractivity contribution in [2.75, 3.05) is 46.4 Å². The zero-order chi connectivity index (χ0) is 16.3. The number of carbonyl (C=O) groups is 2. The quantitative estimate of drug-likeness (QED) is 0.864. The van der Waals surface area contributed by atoms with Gasteiger partial charge in [0.1, 0.15) is 5.60 Å². The molecule has 3 heterocycles. The molecule has 7 nitrogen and oxygen atoms in total. The lowest BCUT2D eigenvalue weighted by Crippen LogP contribution is -2.59. The molecule has 2 aliphatic rings. The summed E-state index contributed by atoms with van der Waals surface area (Å²) in [5.74, 6) is 0.272. The van der Waals surface area contributed by atoms with Gasteiger partial charge in [-0.1, -0.05) is 0 Å². The molecule has 0 radical (unpaired) electrons. The molecule has 0 atom stereocenters. The van der Waals surface area contributed by atoms with E-state index in [9.17, 15) is 9.59 Å². The summed E-state index contributed by atoms with van der Waals surface area (Å²) >= 11 is 0. The highest BCUT2D eigenvalue weighted by Gasteiger charge is 2.43. The third-order valence-corrected chi connectivity index (χ3v) is 4.78. The number of nitrogens with zero attached hydrogens (tertiary/aromatic N) is 2. The van der Waals surface area contributed by atoms with E-state index in [0.717, 1.165) is 13.1 Å². The van der Waals surface area contributed by atoms with Crippen molar-refractivity contribution >= 4 is 24.2 Å². The maximum absolute atomic E-state index is 12.9. The van der Waals surface area contributed by atoms with Crippen molar-refractivity contribution < 1.29 is 18.7 Å². The van der Waals surface area contributed by atoms with Gasteiger partial charge in [-0.15, -0.1) is 12.4 Å². The van der Waals surface area contributed by atoms with E-state index in [4.69, 9.17) is 9.15 Å². The molecule has 0 aromatic carbocycles. The average Bonchev–Trinajstić information content (AvgIpc) is 3.16. The Morgan fingerprint density at radius 1 is 1.17 bits per heavy atom. The maximum Gasteiger partial charge on any atom is 0.289 e. The van der Waals surface area contributed by atoms with Gasteiger partial charge in [-0.05, 0) is 38.1 Å². The number of carbonyl (C=O) groups excluding carboxylic acids is 2. The van der Waals surface area contributed by atoms with E-state index in [1.165, 1.54) is 6.26 Å². The molecule has 3 rings (SSSR count). The molecule has 1 aromatic rings. The van der Waals surface area contributed by atoms with Crippen molar-refractivity contribution in [3.63, 3.8) is 0 Å². The first kappa shape index (κ1) is 18.8. The van der Waals surface area contributed by atoms with Crippen molar-refractivity contribution in [2.24, 2.45) is 0 Å². The molecule has 2 saturated heterocycles. The summed E-state index contributed by atoms with van der Waals surface area (Å²) in [6.45, 7) is 3.67. The van der Waals surface area contributed by atoms with E-state index in [-0.39, 0.29) is 24.2 Å². The van der Waals surface area contributed by atoms with E-state index in [0.29, 0.717) is 44.8 Å². The van der Waals surface area contributed by atoms with Crippen LogP contribution >= 0.6 is 12.4 Å². The molecule has 134 valence electrons. The van der Waals surface area contributed by atoms with E-state index in [1.807, 2.05) is 4.90 Å². The van der Waals surface area contributed by atoms with E-state index < -0.39 is 5.60 Å². The molecule has 2 aliphatic heterocycles. The first-order valence-electron chi connectivity index (χ1n) is 8.04. The minimum atomic E-state index is -0.710. The van der Waals surface area contributed by atoms with Crippen LogP contribution in [0.4, 0.5) is 0 Å². The first-order chi connectivity index (χ1) is 11.2. The number of hydrogen-bond acceptors (Lipinski definition) is 5. The second-order valence-corrected chi connectivity index (χ2v) is 6.01. The average molecular weight is 358 g/mol. The van der Waals surface area contributed by atoms with Crippen LogP contribution in [0, 0.1) is 0 Å². The topological polar surface area (TPSA) is 75.0 Å². The van der Waals surface area contributed by atoms with Crippen LogP contribution in [-0.4, -0.2) is 73.6 Å². The van der Waals surface area contributed by atoms with Crippen LogP contribution in [0.2, 0.25) is 0 Å². The standard InChI is InChI=1S/C16H23N3O4.ClH/c1-22-16(4-6-17-7-5-16)15(21)19-10-8-18(9-11-19)14(20)13-3-2-12-23-13;/h2-3,12,17H,4-11H2,1H3;1H. The number of amides is 2. The molecular weight excluding hydrogens is 334 g/mol. The number of piperidine rings is 1. The van der Waals surface area contributed by atoms with Gasteiger partial charge < -0.3 is 24.3 Å². The number of nitrogens with one attached hydrogen (secondary N) is 1. The Kier molecular flexibility index (Phi) is 6.26. The van der Waals surface area contributed by atoms with Gasteiger partial charge in [-0.25, -0.2) is 0 Å². The molecule has 0 spiro atoms. The molecule has 2 fully saturated rings. The first-order valence-corrected chi connectivity index (χ1v) is 8.04.